The Balaban J connectivity index is 2.78. The molecule has 0 unspecified atom stereocenters. The van der Waals surface area contributed by atoms with E-state index in [1.54, 1.807) is 7.11 Å². The van der Waals surface area contributed by atoms with Gasteiger partial charge in [-0.3, -0.25) is 10.4 Å². The summed E-state index contributed by atoms with van der Waals surface area (Å²) in [6, 6.07) is 8.02. The average Bonchev–Trinajstić information content (AvgIpc) is 2.37. The highest BCUT2D eigenvalue weighted by Gasteiger charge is 2.03. The number of rotatable bonds is 5. The van der Waals surface area contributed by atoms with Crippen molar-refractivity contribution in [3.05, 3.63) is 29.8 Å². The van der Waals surface area contributed by atoms with Crippen LogP contribution in [-0.2, 0) is 11.2 Å². The van der Waals surface area contributed by atoms with Crippen LogP contribution in [0.4, 0.5) is 5.69 Å². The van der Waals surface area contributed by atoms with Crippen molar-refractivity contribution in [3.8, 4) is 0 Å². The van der Waals surface area contributed by atoms with Crippen molar-refractivity contribution < 1.29 is 4.74 Å². The summed E-state index contributed by atoms with van der Waals surface area (Å²) in [4.78, 5) is 4.20. The molecule has 0 aliphatic rings. The number of nitrogens with zero attached hydrogens (tertiary/aromatic N) is 1. The molecule has 0 radical (unpaired) electrons. The Morgan fingerprint density at radius 2 is 2.18 bits per heavy atom. The third-order valence-electron chi connectivity index (χ3n) is 2.30. The fourth-order valence-corrected chi connectivity index (χ4v) is 1.48. The van der Waals surface area contributed by atoms with E-state index in [1.807, 2.05) is 25.1 Å². The summed E-state index contributed by atoms with van der Waals surface area (Å²) >= 11 is 0. The van der Waals surface area contributed by atoms with Gasteiger partial charge in [0, 0.05) is 19.3 Å². The van der Waals surface area contributed by atoms with Crippen LogP contribution in [0.1, 0.15) is 12.5 Å². The molecular formula is C12H20N4O. The minimum atomic E-state index is 0.567. The molecule has 0 aromatic heterocycles. The van der Waals surface area contributed by atoms with Crippen LogP contribution >= 0.6 is 0 Å². The SMILES string of the molecule is CCN=C(NN)Nc1ccccc1CCOC. The van der Waals surface area contributed by atoms with Gasteiger partial charge in [0.15, 0.2) is 0 Å². The molecule has 1 aromatic rings. The Kier molecular flexibility index (Phi) is 6.06. The molecule has 0 fully saturated rings. The molecule has 0 spiro atoms. The van der Waals surface area contributed by atoms with Crippen molar-refractivity contribution in [1.29, 1.82) is 0 Å². The second-order valence-electron chi connectivity index (χ2n) is 3.49. The van der Waals surface area contributed by atoms with E-state index in [4.69, 9.17) is 10.6 Å². The first-order chi connectivity index (χ1) is 8.31. The van der Waals surface area contributed by atoms with E-state index in [1.165, 1.54) is 5.56 Å². The van der Waals surface area contributed by atoms with E-state index in [0.29, 0.717) is 19.1 Å². The first-order valence-corrected chi connectivity index (χ1v) is 5.66. The maximum Gasteiger partial charge on any atom is 0.210 e. The Morgan fingerprint density at radius 1 is 1.41 bits per heavy atom. The van der Waals surface area contributed by atoms with Crippen LogP contribution < -0.4 is 16.6 Å². The van der Waals surface area contributed by atoms with E-state index in [-0.39, 0.29) is 0 Å². The number of ether oxygens (including phenoxy) is 1. The van der Waals surface area contributed by atoms with Gasteiger partial charge in [0.2, 0.25) is 5.96 Å². The standard InChI is InChI=1S/C12H20N4O/c1-3-14-12(16-13)15-11-7-5-4-6-10(11)8-9-17-2/h4-7H,3,8-9,13H2,1-2H3,(H2,14,15,16). The van der Waals surface area contributed by atoms with E-state index < -0.39 is 0 Å². The molecule has 0 atom stereocenters. The van der Waals surface area contributed by atoms with Crippen LogP contribution in [-0.4, -0.2) is 26.2 Å². The highest BCUT2D eigenvalue weighted by Crippen LogP contribution is 2.15. The maximum absolute atomic E-state index is 5.39. The molecule has 0 aliphatic heterocycles. The topological polar surface area (TPSA) is 71.7 Å². The summed E-state index contributed by atoms with van der Waals surface area (Å²) in [6.07, 6.45) is 0.851. The molecule has 0 bridgehead atoms. The van der Waals surface area contributed by atoms with Gasteiger partial charge < -0.3 is 10.1 Å². The third-order valence-corrected chi connectivity index (χ3v) is 2.30. The lowest BCUT2D eigenvalue weighted by molar-refractivity contribution is 0.202. The molecule has 17 heavy (non-hydrogen) atoms. The molecule has 4 N–H and O–H groups in total. The zero-order valence-corrected chi connectivity index (χ0v) is 10.4. The van der Waals surface area contributed by atoms with Crippen molar-refractivity contribution in [2.45, 2.75) is 13.3 Å². The first-order valence-electron chi connectivity index (χ1n) is 5.66. The van der Waals surface area contributed by atoms with E-state index in [9.17, 15) is 0 Å². The molecule has 1 rings (SSSR count). The lowest BCUT2D eigenvalue weighted by atomic mass is 10.1. The van der Waals surface area contributed by atoms with E-state index >= 15 is 0 Å². The molecule has 94 valence electrons. The molecular weight excluding hydrogens is 216 g/mol. The lowest BCUT2D eigenvalue weighted by Gasteiger charge is -2.13. The van der Waals surface area contributed by atoms with Crippen LogP contribution in [0.3, 0.4) is 0 Å². The minimum Gasteiger partial charge on any atom is -0.384 e. The summed E-state index contributed by atoms with van der Waals surface area (Å²) < 4.78 is 5.08. The predicted octanol–water partition coefficient (Wildman–Crippen LogP) is 1.13. The Bertz CT molecular complexity index is 365. The van der Waals surface area contributed by atoms with Gasteiger partial charge in [-0.15, -0.1) is 0 Å². The zero-order chi connectivity index (χ0) is 12.5. The van der Waals surface area contributed by atoms with Crippen LogP contribution in [0, 0.1) is 0 Å². The van der Waals surface area contributed by atoms with E-state index in [0.717, 1.165) is 12.1 Å². The quantitative estimate of drug-likeness (QED) is 0.310. The number of methoxy groups -OCH3 is 1. The summed E-state index contributed by atoms with van der Waals surface area (Å²) in [7, 11) is 1.70. The van der Waals surface area contributed by atoms with Gasteiger partial charge in [0.1, 0.15) is 0 Å². The van der Waals surface area contributed by atoms with Gasteiger partial charge >= 0.3 is 0 Å². The van der Waals surface area contributed by atoms with Crippen molar-refractivity contribution >= 4 is 11.6 Å². The fraction of sp³-hybridized carbons (Fsp3) is 0.417. The Hall–Kier alpha value is -1.59. The molecule has 0 saturated carbocycles. The van der Waals surface area contributed by atoms with Crippen LogP contribution in [0.5, 0.6) is 0 Å². The fourth-order valence-electron chi connectivity index (χ4n) is 1.48. The first kappa shape index (κ1) is 13.5. The average molecular weight is 236 g/mol. The van der Waals surface area contributed by atoms with Gasteiger partial charge in [0.05, 0.1) is 6.61 Å². The van der Waals surface area contributed by atoms with Gasteiger partial charge in [-0.25, -0.2) is 5.84 Å². The lowest BCUT2D eigenvalue weighted by Crippen LogP contribution is -2.36. The maximum atomic E-state index is 5.39. The number of guanidine groups is 1. The number of aliphatic imine (C=N–C) groups is 1. The number of hydrazine groups is 1. The second-order valence-corrected chi connectivity index (χ2v) is 3.49. The summed E-state index contributed by atoms with van der Waals surface area (Å²) in [5.74, 6) is 5.96. The van der Waals surface area contributed by atoms with Crippen molar-refractivity contribution in [1.82, 2.24) is 5.43 Å². The molecule has 5 heteroatoms. The highest BCUT2D eigenvalue weighted by atomic mass is 16.5. The Morgan fingerprint density at radius 3 is 2.82 bits per heavy atom. The molecule has 1 aromatic carbocycles. The number of hydrogen-bond donors (Lipinski definition) is 3. The van der Waals surface area contributed by atoms with Crippen molar-refractivity contribution in [3.63, 3.8) is 0 Å². The second kappa shape index (κ2) is 7.65. The van der Waals surface area contributed by atoms with Crippen LogP contribution in [0.2, 0.25) is 0 Å². The highest BCUT2D eigenvalue weighted by molar-refractivity contribution is 5.93. The zero-order valence-electron chi connectivity index (χ0n) is 10.4. The molecule has 0 aliphatic carbocycles. The normalized spacial score (nSPS) is 11.4. The van der Waals surface area contributed by atoms with Gasteiger partial charge in [-0.05, 0) is 25.0 Å². The van der Waals surface area contributed by atoms with Gasteiger partial charge in [-0.2, -0.15) is 0 Å². The van der Waals surface area contributed by atoms with Gasteiger partial charge in [0.25, 0.3) is 0 Å². The number of anilines is 1. The van der Waals surface area contributed by atoms with E-state index in [2.05, 4.69) is 21.8 Å². The predicted molar refractivity (Wildman–Crippen MR) is 70.9 cm³/mol. The third kappa shape index (κ3) is 4.42. The number of para-hydroxylation sites is 1. The molecule has 0 heterocycles. The molecule has 0 saturated heterocycles. The van der Waals surface area contributed by atoms with Crippen LogP contribution in [0.25, 0.3) is 0 Å². The summed E-state index contributed by atoms with van der Waals surface area (Å²) in [5, 5.41) is 3.17. The van der Waals surface area contributed by atoms with Crippen molar-refractivity contribution in [2.75, 3.05) is 25.6 Å². The number of benzene rings is 1. The summed E-state index contributed by atoms with van der Waals surface area (Å²) in [5.41, 5.74) is 4.71. The van der Waals surface area contributed by atoms with Crippen LogP contribution in [0.15, 0.2) is 29.3 Å². The van der Waals surface area contributed by atoms with Gasteiger partial charge in [-0.1, -0.05) is 18.2 Å². The smallest absolute Gasteiger partial charge is 0.210 e. The van der Waals surface area contributed by atoms with Crippen molar-refractivity contribution in [2.24, 2.45) is 10.8 Å². The Labute approximate surface area is 102 Å². The minimum absolute atomic E-state index is 0.567. The number of nitrogens with one attached hydrogen (secondary N) is 2. The largest absolute Gasteiger partial charge is 0.384 e. The molecule has 0 amide bonds. The number of nitrogens with two attached hydrogens (primary N) is 1. The molecule has 5 nitrogen and oxygen atoms in total. The monoisotopic (exact) mass is 236 g/mol. The summed E-state index contributed by atoms with van der Waals surface area (Å²) in [6.45, 7) is 3.32. The number of hydrogen-bond acceptors (Lipinski definition) is 3.